The molecule has 1 aliphatic rings. The molecule has 29 heavy (non-hydrogen) atoms. The van der Waals surface area contributed by atoms with Gasteiger partial charge in [-0.2, -0.15) is 4.31 Å². The Kier molecular flexibility index (Phi) is 5.74. The molecule has 0 radical (unpaired) electrons. The highest BCUT2D eigenvalue weighted by atomic mass is 32.2. The highest BCUT2D eigenvalue weighted by Crippen LogP contribution is 2.25. The van der Waals surface area contributed by atoms with Crippen LogP contribution in [0.1, 0.15) is 36.0 Å². The van der Waals surface area contributed by atoms with E-state index in [0.29, 0.717) is 24.5 Å². The molecule has 2 aromatic heterocycles. The number of aromatic nitrogens is 2. The standard InChI is InChI=1S/C19H20N4O4S2/c24-17(20-19-22-21-18(27-19)16-6-5-13-28-16)14-7-9-15(10-8-14)29(25,26)23-11-3-1-2-4-12-23/h5-10,13H,1-4,11-12H2,(H,20,22,24). The van der Waals surface area contributed by atoms with Crippen LogP contribution in [0, 0.1) is 0 Å². The van der Waals surface area contributed by atoms with Crippen molar-refractivity contribution in [2.24, 2.45) is 0 Å². The minimum Gasteiger partial charge on any atom is -0.402 e. The molecule has 0 spiro atoms. The van der Waals surface area contributed by atoms with E-state index in [2.05, 4.69) is 15.5 Å². The van der Waals surface area contributed by atoms with Crippen molar-refractivity contribution >= 4 is 33.3 Å². The second-order valence-electron chi connectivity index (χ2n) is 6.69. The SMILES string of the molecule is O=C(Nc1nnc(-c2cccs2)o1)c1ccc(S(=O)(=O)N2CCCCCC2)cc1. The maximum Gasteiger partial charge on any atom is 0.322 e. The van der Waals surface area contributed by atoms with Gasteiger partial charge in [-0.3, -0.25) is 10.1 Å². The number of benzene rings is 1. The summed E-state index contributed by atoms with van der Waals surface area (Å²) >= 11 is 1.45. The van der Waals surface area contributed by atoms with E-state index in [1.807, 2.05) is 17.5 Å². The minimum absolute atomic E-state index is 0.0142. The summed E-state index contributed by atoms with van der Waals surface area (Å²) in [5.74, 6) is -0.126. The molecule has 1 saturated heterocycles. The highest BCUT2D eigenvalue weighted by molar-refractivity contribution is 7.89. The summed E-state index contributed by atoms with van der Waals surface area (Å²) in [7, 11) is -3.55. The highest BCUT2D eigenvalue weighted by Gasteiger charge is 2.25. The molecule has 4 rings (SSSR count). The Labute approximate surface area is 172 Å². The molecule has 152 valence electrons. The first-order chi connectivity index (χ1) is 14.0. The van der Waals surface area contributed by atoms with Crippen molar-refractivity contribution in [3.8, 4) is 10.8 Å². The van der Waals surface area contributed by atoms with Crippen LogP contribution in [0.3, 0.4) is 0 Å². The minimum atomic E-state index is -3.55. The zero-order valence-corrected chi connectivity index (χ0v) is 17.2. The first-order valence-electron chi connectivity index (χ1n) is 9.33. The smallest absolute Gasteiger partial charge is 0.322 e. The molecule has 3 heterocycles. The van der Waals surface area contributed by atoms with E-state index in [1.54, 1.807) is 0 Å². The number of carbonyl (C=O) groups excluding carboxylic acids is 1. The van der Waals surface area contributed by atoms with Crippen LogP contribution in [0.5, 0.6) is 0 Å². The molecule has 1 amide bonds. The Bertz CT molecular complexity index is 1070. The van der Waals surface area contributed by atoms with Crippen LogP contribution in [0.2, 0.25) is 0 Å². The van der Waals surface area contributed by atoms with E-state index in [4.69, 9.17) is 4.42 Å². The molecule has 0 atom stereocenters. The molecule has 1 N–H and O–H groups in total. The van der Waals surface area contributed by atoms with Gasteiger partial charge in [0, 0.05) is 18.7 Å². The van der Waals surface area contributed by atoms with Crippen molar-refractivity contribution in [2.75, 3.05) is 18.4 Å². The first kappa shape index (κ1) is 19.7. The van der Waals surface area contributed by atoms with Crippen molar-refractivity contribution in [1.82, 2.24) is 14.5 Å². The molecule has 10 heteroatoms. The van der Waals surface area contributed by atoms with Crippen LogP contribution in [-0.2, 0) is 10.0 Å². The predicted molar refractivity (Wildman–Crippen MR) is 109 cm³/mol. The predicted octanol–water partition coefficient (Wildman–Crippen LogP) is 3.62. The number of thiophene rings is 1. The number of amides is 1. The van der Waals surface area contributed by atoms with Crippen molar-refractivity contribution in [3.63, 3.8) is 0 Å². The maximum absolute atomic E-state index is 12.8. The molecule has 1 aliphatic heterocycles. The summed E-state index contributed by atoms with van der Waals surface area (Å²) in [4.78, 5) is 13.4. The van der Waals surface area contributed by atoms with Crippen LogP contribution >= 0.6 is 11.3 Å². The Balaban J connectivity index is 1.45. The Morgan fingerprint density at radius 1 is 1.03 bits per heavy atom. The van der Waals surface area contributed by atoms with Crippen LogP contribution in [0.4, 0.5) is 6.01 Å². The van der Waals surface area contributed by atoms with Gasteiger partial charge in [0.2, 0.25) is 10.0 Å². The lowest BCUT2D eigenvalue weighted by Gasteiger charge is -2.19. The fourth-order valence-corrected chi connectivity index (χ4v) is 5.31. The quantitative estimate of drug-likeness (QED) is 0.660. The maximum atomic E-state index is 12.8. The number of carbonyl (C=O) groups is 1. The van der Waals surface area contributed by atoms with Gasteiger partial charge in [-0.05, 0) is 48.6 Å². The lowest BCUT2D eigenvalue weighted by atomic mass is 10.2. The summed E-state index contributed by atoms with van der Waals surface area (Å²) in [6.45, 7) is 1.07. The molecule has 0 saturated carbocycles. The molecular formula is C19H20N4O4S2. The zero-order chi connectivity index (χ0) is 20.3. The lowest BCUT2D eigenvalue weighted by Crippen LogP contribution is -2.31. The third kappa shape index (κ3) is 4.39. The number of hydrogen-bond acceptors (Lipinski definition) is 7. The second-order valence-corrected chi connectivity index (χ2v) is 9.57. The number of rotatable bonds is 5. The average molecular weight is 433 g/mol. The largest absolute Gasteiger partial charge is 0.402 e. The average Bonchev–Trinajstić information content (AvgIpc) is 3.34. The Hall–Kier alpha value is -2.56. The van der Waals surface area contributed by atoms with Gasteiger partial charge in [0.25, 0.3) is 11.8 Å². The van der Waals surface area contributed by atoms with Crippen LogP contribution in [0.25, 0.3) is 10.8 Å². The Morgan fingerprint density at radius 2 is 1.76 bits per heavy atom. The molecular weight excluding hydrogens is 412 g/mol. The first-order valence-corrected chi connectivity index (χ1v) is 11.6. The number of hydrogen-bond donors (Lipinski definition) is 1. The second kappa shape index (κ2) is 8.44. The number of nitrogens with one attached hydrogen (secondary N) is 1. The fourth-order valence-electron chi connectivity index (χ4n) is 3.15. The van der Waals surface area contributed by atoms with Gasteiger partial charge >= 0.3 is 6.01 Å². The van der Waals surface area contributed by atoms with E-state index < -0.39 is 15.9 Å². The van der Waals surface area contributed by atoms with E-state index >= 15 is 0 Å². The van der Waals surface area contributed by atoms with Crippen molar-refractivity contribution < 1.29 is 17.6 Å². The third-order valence-electron chi connectivity index (χ3n) is 4.70. The van der Waals surface area contributed by atoms with Crippen molar-refractivity contribution in [2.45, 2.75) is 30.6 Å². The Morgan fingerprint density at radius 3 is 2.41 bits per heavy atom. The molecule has 0 bridgehead atoms. The molecule has 3 aromatic rings. The fraction of sp³-hybridized carbons (Fsp3) is 0.316. The number of sulfonamides is 1. The van der Waals surface area contributed by atoms with Crippen LogP contribution in [-0.4, -0.2) is 41.9 Å². The van der Waals surface area contributed by atoms with Gasteiger partial charge in [-0.15, -0.1) is 16.4 Å². The lowest BCUT2D eigenvalue weighted by molar-refractivity contribution is 0.102. The van der Waals surface area contributed by atoms with E-state index in [1.165, 1.54) is 39.9 Å². The normalized spacial score (nSPS) is 15.7. The summed E-state index contributed by atoms with van der Waals surface area (Å²) in [5, 5.41) is 12.1. The van der Waals surface area contributed by atoms with Gasteiger partial charge in [-0.1, -0.05) is 24.0 Å². The molecule has 8 nitrogen and oxygen atoms in total. The third-order valence-corrected chi connectivity index (χ3v) is 7.47. The van der Waals surface area contributed by atoms with Crippen LogP contribution in [0.15, 0.2) is 51.1 Å². The summed E-state index contributed by atoms with van der Waals surface area (Å²) in [6, 6.07) is 9.57. The monoisotopic (exact) mass is 432 g/mol. The van der Waals surface area contributed by atoms with Gasteiger partial charge < -0.3 is 4.42 Å². The van der Waals surface area contributed by atoms with Gasteiger partial charge in [0.1, 0.15) is 0 Å². The summed E-state index contributed by atoms with van der Waals surface area (Å²) in [5.41, 5.74) is 0.302. The molecule has 0 aliphatic carbocycles. The van der Waals surface area contributed by atoms with Gasteiger partial charge in [0.05, 0.1) is 9.77 Å². The van der Waals surface area contributed by atoms with Crippen LogP contribution < -0.4 is 5.32 Å². The van der Waals surface area contributed by atoms with E-state index in [0.717, 1.165) is 30.6 Å². The van der Waals surface area contributed by atoms with Gasteiger partial charge in [0.15, 0.2) is 0 Å². The summed E-state index contributed by atoms with van der Waals surface area (Å²) < 4.78 is 32.6. The topological polar surface area (TPSA) is 105 Å². The number of anilines is 1. The molecule has 1 aromatic carbocycles. The zero-order valence-electron chi connectivity index (χ0n) is 15.6. The van der Waals surface area contributed by atoms with Crippen molar-refractivity contribution in [1.29, 1.82) is 0 Å². The molecule has 0 unspecified atom stereocenters. The molecule has 1 fully saturated rings. The van der Waals surface area contributed by atoms with E-state index in [9.17, 15) is 13.2 Å². The van der Waals surface area contributed by atoms with Gasteiger partial charge in [-0.25, -0.2) is 8.42 Å². The summed E-state index contributed by atoms with van der Waals surface area (Å²) in [6.07, 6.45) is 3.85. The van der Waals surface area contributed by atoms with E-state index in [-0.39, 0.29) is 10.9 Å². The van der Waals surface area contributed by atoms with Crippen molar-refractivity contribution in [3.05, 3.63) is 47.3 Å². The number of nitrogens with zero attached hydrogens (tertiary/aromatic N) is 3.